The summed E-state index contributed by atoms with van der Waals surface area (Å²) in [5, 5.41) is 0. The van der Waals surface area contributed by atoms with Gasteiger partial charge in [0.05, 0.1) is 12.0 Å². The van der Waals surface area contributed by atoms with Crippen LogP contribution in [0.5, 0.6) is 5.75 Å². The molecule has 0 bridgehead atoms. The van der Waals surface area contributed by atoms with Crippen LogP contribution in [-0.4, -0.2) is 11.6 Å². The molecule has 3 rings (SSSR count). The Kier molecular flexibility index (Phi) is 3.57. The van der Waals surface area contributed by atoms with Crippen molar-refractivity contribution in [2.24, 2.45) is 0 Å². The van der Waals surface area contributed by atoms with Crippen LogP contribution in [0.25, 0.3) is 0 Å². The normalized spacial score (nSPS) is 16.9. The monoisotopic (exact) mass is 294 g/mol. The van der Waals surface area contributed by atoms with E-state index in [9.17, 15) is 9.59 Å². The predicted molar refractivity (Wildman–Crippen MR) is 84.7 cm³/mol. The third-order valence-electron chi connectivity index (χ3n) is 4.18. The zero-order chi connectivity index (χ0) is 15.9. The van der Waals surface area contributed by atoms with Crippen LogP contribution in [0.4, 0.5) is 0 Å². The Hall–Kier alpha value is -2.42. The molecular weight excluding hydrogens is 276 g/mol. The van der Waals surface area contributed by atoms with Crippen LogP contribution in [0.1, 0.15) is 56.9 Å². The molecule has 3 heteroatoms. The molecule has 1 aliphatic heterocycles. The Morgan fingerprint density at radius 1 is 1.18 bits per heavy atom. The largest absolute Gasteiger partial charge is 0.484 e. The van der Waals surface area contributed by atoms with Crippen LogP contribution in [-0.2, 0) is 0 Å². The summed E-state index contributed by atoms with van der Waals surface area (Å²) in [6, 6.07) is 11.6. The number of fused-ring (bicyclic) bond motifs is 1. The minimum absolute atomic E-state index is 0.0178. The molecule has 0 spiro atoms. The molecule has 0 aliphatic carbocycles. The Bertz CT molecular complexity index is 760. The minimum atomic E-state index is -0.261. The number of carbonyl (C=O) groups excluding carboxylic acids is 2. The topological polar surface area (TPSA) is 43.4 Å². The van der Waals surface area contributed by atoms with E-state index in [0.29, 0.717) is 23.3 Å². The Morgan fingerprint density at radius 2 is 1.86 bits per heavy atom. The van der Waals surface area contributed by atoms with Crippen LogP contribution >= 0.6 is 0 Å². The highest BCUT2D eigenvalue weighted by molar-refractivity contribution is 6.06. The van der Waals surface area contributed by atoms with Gasteiger partial charge >= 0.3 is 0 Å². The van der Waals surface area contributed by atoms with E-state index in [2.05, 4.69) is 0 Å². The average Bonchev–Trinajstić information content (AvgIpc) is 2.46. The van der Waals surface area contributed by atoms with Gasteiger partial charge in [0.1, 0.15) is 11.9 Å². The zero-order valence-corrected chi connectivity index (χ0v) is 13.0. The van der Waals surface area contributed by atoms with Gasteiger partial charge in [0.25, 0.3) is 0 Å². The van der Waals surface area contributed by atoms with Crippen LogP contribution in [0.3, 0.4) is 0 Å². The summed E-state index contributed by atoms with van der Waals surface area (Å²) in [6.07, 6.45) is 0.0429. The zero-order valence-electron chi connectivity index (χ0n) is 13.0. The lowest BCUT2D eigenvalue weighted by Crippen LogP contribution is -2.22. The van der Waals surface area contributed by atoms with E-state index in [1.807, 2.05) is 50.2 Å². The van der Waals surface area contributed by atoms with Gasteiger partial charge in [-0.3, -0.25) is 9.59 Å². The summed E-state index contributed by atoms with van der Waals surface area (Å²) >= 11 is 0. The molecule has 0 aromatic heterocycles. The first-order valence-electron chi connectivity index (χ1n) is 7.39. The first-order valence-corrected chi connectivity index (χ1v) is 7.39. The number of hydrogen-bond acceptors (Lipinski definition) is 3. The third kappa shape index (κ3) is 2.33. The molecule has 2 aromatic rings. The predicted octanol–water partition coefficient (Wildman–Crippen LogP) is 4.21. The lowest BCUT2D eigenvalue weighted by molar-refractivity contribution is 0.0849. The van der Waals surface area contributed by atoms with Crippen molar-refractivity contribution in [1.82, 2.24) is 0 Å². The quantitative estimate of drug-likeness (QED) is 0.779. The standard InChI is InChI=1S/C19H18O3/c1-11-9-17-19(12(2)18(11)13(3)20)15(21)10-16(22-17)14-7-5-4-6-8-14/h4-9,16H,10H2,1-3H3/t16-/m1/s1. The summed E-state index contributed by atoms with van der Waals surface area (Å²) in [6.45, 7) is 5.24. The summed E-state index contributed by atoms with van der Waals surface area (Å²) in [5.41, 5.74) is 3.77. The lowest BCUT2D eigenvalue weighted by atomic mass is 9.88. The maximum Gasteiger partial charge on any atom is 0.170 e. The van der Waals surface area contributed by atoms with Gasteiger partial charge < -0.3 is 4.74 Å². The van der Waals surface area contributed by atoms with Crippen LogP contribution in [0.2, 0.25) is 0 Å². The van der Waals surface area contributed by atoms with E-state index >= 15 is 0 Å². The molecule has 0 amide bonds. The molecule has 1 heterocycles. The van der Waals surface area contributed by atoms with Gasteiger partial charge in [-0.1, -0.05) is 30.3 Å². The van der Waals surface area contributed by atoms with Crippen molar-refractivity contribution in [1.29, 1.82) is 0 Å². The number of ketones is 2. The summed E-state index contributed by atoms with van der Waals surface area (Å²) in [5.74, 6) is 0.607. The number of hydrogen-bond donors (Lipinski definition) is 0. The molecule has 0 fully saturated rings. The molecule has 2 aromatic carbocycles. The second-order valence-electron chi connectivity index (χ2n) is 5.77. The molecule has 1 aliphatic rings. The van der Waals surface area contributed by atoms with Gasteiger partial charge in [0, 0.05) is 5.56 Å². The molecule has 22 heavy (non-hydrogen) atoms. The number of Topliss-reactive ketones (excluding diaryl/α,β-unsaturated/α-hetero) is 2. The SMILES string of the molecule is CC(=O)c1c(C)cc2c(c1C)C(=O)C[C@H](c1ccccc1)O2. The average molecular weight is 294 g/mol. The molecule has 0 unspecified atom stereocenters. The second-order valence-corrected chi connectivity index (χ2v) is 5.77. The van der Waals surface area contributed by atoms with Crippen molar-refractivity contribution in [2.45, 2.75) is 33.3 Å². The number of carbonyl (C=O) groups is 2. The van der Waals surface area contributed by atoms with Crippen molar-refractivity contribution in [3.8, 4) is 5.75 Å². The second kappa shape index (κ2) is 5.41. The Morgan fingerprint density at radius 3 is 2.50 bits per heavy atom. The molecule has 0 saturated heterocycles. The number of rotatable bonds is 2. The first-order chi connectivity index (χ1) is 10.5. The summed E-state index contributed by atoms with van der Waals surface area (Å²) in [7, 11) is 0. The van der Waals surface area contributed by atoms with Gasteiger partial charge in [-0.15, -0.1) is 0 Å². The van der Waals surface area contributed by atoms with E-state index < -0.39 is 0 Å². The third-order valence-corrected chi connectivity index (χ3v) is 4.18. The fourth-order valence-electron chi connectivity index (χ4n) is 3.25. The van der Waals surface area contributed by atoms with E-state index in [-0.39, 0.29) is 17.7 Å². The highest BCUT2D eigenvalue weighted by Crippen LogP contribution is 2.38. The molecule has 0 radical (unpaired) electrons. The maximum atomic E-state index is 12.6. The van der Waals surface area contributed by atoms with Gasteiger partial charge in [-0.05, 0) is 43.5 Å². The number of ether oxygens (including phenoxy) is 1. The summed E-state index contributed by atoms with van der Waals surface area (Å²) < 4.78 is 6.05. The van der Waals surface area contributed by atoms with Crippen LogP contribution in [0, 0.1) is 13.8 Å². The van der Waals surface area contributed by atoms with Crippen molar-refractivity contribution >= 4 is 11.6 Å². The summed E-state index contributed by atoms with van der Waals surface area (Å²) in [4.78, 5) is 24.4. The highest BCUT2D eigenvalue weighted by Gasteiger charge is 2.31. The Labute approximate surface area is 129 Å². The minimum Gasteiger partial charge on any atom is -0.484 e. The van der Waals surface area contributed by atoms with E-state index in [1.165, 1.54) is 6.92 Å². The van der Waals surface area contributed by atoms with Gasteiger partial charge in [-0.25, -0.2) is 0 Å². The molecule has 0 saturated carbocycles. The number of benzene rings is 2. The van der Waals surface area contributed by atoms with Crippen LogP contribution in [0.15, 0.2) is 36.4 Å². The van der Waals surface area contributed by atoms with Crippen LogP contribution < -0.4 is 4.74 Å². The molecule has 3 nitrogen and oxygen atoms in total. The fraction of sp³-hybridized carbons (Fsp3) is 0.263. The molecular formula is C19H18O3. The van der Waals surface area contributed by atoms with Crippen molar-refractivity contribution < 1.29 is 14.3 Å². The van der Waals surface area contributed by atoms with E-state index in [0.717, 1.165) is 16.7 Å². The van der Waals surface area contributed by atoms with Crippen molar-refractivity contribution in [3.05, 3.63) is 64.2 Å². The lowest BCUT2D eigenvalue weighted by Gasteiger charge is -2.28. The van der Waals surface area contributed by atoms with Crippen molar-refractivity contribution in [2.75, 3.05) is 0 Å². The molecule has 1 atom stereocenters. The highest BCUT2D eigenvalue weighted by atomic mass is 16.5. The van der Waals surface area contributed by atoms with Gasteiger partial charge in [0.2, 0.25) is 0 Å². The van der Waals surface area contributed by atoms with Crippen molar-refractivity contribution in [3.63, 3.8) is 0 Å². The smallest absolute Gasteiger partial charge is 0.170 e. The van der Waals surface area contributed by atoms with E-state index in [1.54, 1.807) is 0 Å². The first kappa shape index (κ1) is 14.5. The fourth-order valence-corrected chi connectivity index (χ4v) is 3.25. The van der Waals surface area contributed by atoms with Gasteiger partial charge in [0.15, 0.2) is 11.6 Å². The number of aryl methyl sites for hydroxylation is 1. The van der Waals surface area contributed by atoms with Gasteiger partial charge in [-0.2, -0.15) is 0 Å². The Balaban J connectivity index is 2.09. The molecule has 0 N–H and O–H groups in total. The maximum absolute atomic E-state index is 12.6. The molecule has 112 valence electrons. The van der Waals surface area contributed by atoms with E-state index in [4.69, 9.17) is 4.74 Å².